The molecule has 0 amide bonds. The van der Waals surface area contributed by atoms with Crippen molar-refractivity contribution in [1.29, 1.82) is 0 Å². The molecule has 2 heterocycles. The standard InChI is InChI=1S/C17H15ClN4S/c1-12-6-8-13(9-7-12)21-10-22-16(19-20-17(22)23-11-21)14-4-2-3-5-15(14)18/h2-9H,10-11H2,1H3. The molecule has 0 spiro atoms. The zero-order valence-corrected chi connectivity index (χ0v) is 14.2. The number of rotatable bonds is 2. The number of aryl methyl sites for hydroxylation is 1. The number of nitrogens with zero attached hydrogens (tertiary/aromatic N) is 4. The van der Waals surface area contributed by atoms with E-state index in [4.69, 9.17) is 11.6 Å². The number of thioether (sulfide) groups is 1. The lowest BCUT2D eigenvalue weighted by Crippen LogP contribution is -2.30. The van der Waals surface area contributed by atoms with Crippen molar-refractivity contribution in [3.05, 3.63) is 59.1 Å². The number of hydrogen-bond donors (Lipinski definition) is 0. The minimum Gasteiger partial charge on any atom is -0.344 e. The zero-order valence-electron chi connectivity index (χ0n) is 12.6. The van der Waals surface area contributed by atoms with Gasteiger partial charge < -0.3 is 4.90 Å². The Kier molecular flexibility index (Phi) is 3.75. The Labute approximate surface area is 144 Å². The van der Waals surface area contributed by atoms with Crippen LogP contribution in [0.2, 0.25) is 5.02 Å². The van der Waals surface area contributed by atoms with Gasteiger partial charge in [0.25, 0.3) is 0 Å². The van der Waals surface area contributed by atoms with Crippen molar-refractivity contribution in [2.24, 2.45) is 0 Å². The highest BCUT2D eigenvalue weighted by molar-refractivity contribution is 7.99. The summed E-state index contributed by atoms with van der Waals surface area (Å²) in [6, 6.07) is 16.3. The van der Waals surface area contributed by atoms with E-state index in [1.165, 1.54) is 11.3 Å². The quantitative estimate of drug-likeness (QED) is 0.689. The molecule has 4 nitrogen and oxygen atoms in total. The summed E-state index contributed by atoms with van der Waals surface area (Å²) in [5.41, 5.74) is 3.38. The van der Waals surface area contributed by atoms with Crippen LogP contribution in [0.5, 0.6) is 0 Å². The maximum absolute atomic E-state index is 6.33. The molecule has 1 aliphatic rings. The second kappa shape index (κ2) is 5.91. The monoisotopic (exact) mass is 342 g/mol. The Morgan fingerprint density at radius 1 is 1.04 bits per heavy atom. The normalized spacial score (nSPS) is 13.9. The Balaban J connectivity index is 1.70. The van der Waals surface area contributed by atoms with E-state index in [9.17, 15) is 0 Å². The highest BCUT2D eigenvalue weighted by Crippen LogP contribution is 2.33. The lowest BCUT2D eigenvalue weighted by Gasteiger charge is -2.29. The maximum Gasteiger partial charge on any atom is 0.194 e. The van der Waals surface area contributed by atoms with E-state index in [1.807, 2.05) is 24.3 Å². The van der Waals surface area contributed by atoms with Crippen molar-refractivity contribution < 1.29 is 0 Å². The van der Waals surface area contributed by atoms with Crippen molar-refractivity contribution in [3.63, 3.8) is 0 Å². The summed E-state index contributed by atoms with van der Waals surface area (Å²) in [4.78, 5) is 2.31. The molecule has 4 rings (SSSR count). The molecule has 1 aliphatic heterocycles. The van der Waals surface area contributed by atoms with E-state index in [0.29, 0.717) is 5.02 Å². The van der Waals surface area contributed by atoms with Gasteiger partial charge >= 0.3 is 0 Å². The fourth-order valence-corrected chi connectivity index (χ4v) is 3.74. The number of aromatic nitrogens is 3. The molecular weight excluding hydrogens is 328 g/mol. The molecule has 0 N–H and O–H groups in total. The molecule has 1 aromatic heterocycles. The lowest BCUT2D eigenvalue weighted by molar-refractivity contribution is 0.608. The highest BCUT2D eigenvalue weighted by Gasteiger charge is 2.23. The van der Waals surface area contributed by atoms with E-state index in [1.54, 1.807) is 11.8 Å². The van der Waals surface area contributed by atoms with Crippen molar-refractivity contribution >= 4 is 29.1 Å². The maximum atomic E-state index is 6.33. The Hall–Kier alpha value is -1.98. The molecule has 116 valence electrons. The first kappa shape index (κ1) is 14.6. The molecule has 23 heavy (non-hydrogen) atoms. The SMILES string of the molecule is Cc1ccc(N2CSc3nnc(-c4ccccc4Cl)n3C2)cc1. The first-order valence-electron chi connectivity index (χ1n) is 7.35. The summed E-state index contributed by atoms with van der Waals surface area (Å²) in [5, 5.41) is 10.3. The fraction of sp³-hybridized carbons (Fsp3) is 0.176. The van der Waals surface area contributed by atoms with Crippen LogP contribution in [0.3, 0.4) is 0 Å². The number of halogens is 1. The summed E-state index contributed by atoms with van der Waals surface area (Å²) in [5.74, 6) is 1.68. The summed E-state index contributed by atoms with van der Waals surface area (Å²) >= 11 is 8.02. The summed E-state index contributed by atoms with van der Waals surface area (Å²) in [6.07, 6.45) is 0. The van der Waals surface area contributed by atoms with Gasteiger partial charge in [-0.1, -0.05) is 53.2 Å². The highest BCUT2D eigenvalue weighted by atomic mass is 35.5. The number of hydrogen-bond acceptors (Lipinski definition) is 4. The molecule has 0 atom stereocenters. The van der Waals surface area contributed by atoms with Gasteiger partial charge in [0, 0.05) is 11.3 Å². The third-order valence-corrected chi connectivity index (χ3v) is 5.22. The first-order valence-corrected chi connectivity index (χ1v) is 8.71. The topological polar surface area (TPSA) is 34.0 Å². The van der Waals surface area contributed by atoms with Gasteiger partial charge in [0.05, 0.1) is 17.6 Å². The van der Waals surface area contributed by atoms with E-state index in [2.05, 4.69) is 50.9 Å². The third kappa shape index (κ3) is 2.71. The van der Waals surface area contributed by atoms with E-state index >= 15 is 0 Å². The predicted molar refractivity (Wildman–Crippen MR) is 94.9 cm³/mol. The van der Waals surface area contributed by atoms with Gasteiger partial charge in [-0.2, -0.15) is 0 Å². The molecule has 0 saturated heterocycles. The van der Waals surface area contributed by atoms with E-state index < -0.39 is 0 Å². The zero-order chi connectivity index (χ0) is 15.8. The number of anilines is 1. The van der Waals surface area contributed by atoms with Crippen LogP contribution in [-0.4, -0.2) is 20.6 Å². The average molecular weight is 343 g/mol. The summed E-state index contributed by atoms with van der Waals surface area (Å²) in [7, 11) is 0. The van der Waals surface area contributed by atoms with Crippen LogP contribution < -0.4 is 4.90 Å². The van der Waals surface area contributed by atoms with Crippen LogP contribution in [-0.2, 0) is 6.67 Å². The number of benzene rings is 2. The van der Waals surface area contributed by atoms with Crippen LogP contribution in [0.25, 0.3) is 11.4 Å². The van der Waals surface area contributed by atoms with Crippen molar-refractivity contribution in [2.75, 3.05) is 10.8 Å². The van der Waals surface area contributed by atoms with Crippen LogP contribution in [0.15, 0.2) is 53.7 Å². The number of fused-ring (bicyclic) bond motifs is 1. The minimum absolute atomic E-state index is 0.695. The van der Waals surface area contributed by atoms with Gasteiger partial charge in [0.15, 0.2) is 11.0 Å². The van der Waals surface area contributed by atoms with Crippen LogP contribution in [0.4, 0.5) is 5.69 Å². The molecular formula is C17H15ClN4S. The fourth-order valence-electron chi connectivity index (χ4n) is 2.62. The summed E-state index contributed by atoms with van der Waals surface area (Å²) in [6.45, 7) is 2.82. The van der Waals surface area contributed by atoms with E-state index in [-0.39, 0.29) is 0 Å². The molecule has 0 unspecified atom stereocenters. The molecule has 0 aliphatic carbocycles. The van der Waals surface area contributed by atoms with Gasteiger partial charge in [-0.25, -0.2) is 0 Å². The van der Waals surface area contributed by atoms with Gasteiger partial charge in [-0.3, -0.25) is 4.57 Å². The molecule has 6 heteroatoms. The van der Waals surface area contributed by atoms with Gasteiger partial charge in [0.2, 0.25) is 0 Å². The molecule has 0 radical (unpaired) electrons. The molecule has 0 saturated carbocycles. The van der Waals surface area contributed by atoms with Crippen molar-refractivity contribution in [3.8, 4) is 11.4 Å². The van der Waals surface area contributed by atoms with E-state index in [0.717, 1.165) is 29.1 Å². The molecule has 0 bridgehead atoms. The largest absolute Gasteiger partial charge is 0.344 e. The minimum atomic E-state index is 0.695. The van der Waals surface area contributed by atoms with Gasteiger partial charge in [-0.15, -0.1) is 10.2 Å². The van der Waals surface area contributed by atoms with Crippen molar-refractivity contribution in [1.82, 2.24) is 14.8 Å². The van der Waals surface area contributed by atoms with Gasteiger partial charge in [-0.05, 0) is 31.2 Å². The van der Waals surface area contributed by atoms with Crippen LogP contribution in [0, 0.1) is 6.92 Å². The smallest absolute Gasteiger partial charge is 0.194 e. The first-order chi connectivity index (χ1) is 11.2. The van der Waals surface area contributed by atoms with Crippen LogP contribution in [0.1, 0.15) is 5.56 Å². The second-order valence-corrected chi connectivity index (χ2v) is 6.82. The second-order valence-electron chi connectivity index (χ2n) is 5.50. The Bertz CT molecular complexity index is 844. The third-order valence-electron chi connectivity index (χ3n) is 3.89. The summed E-state index contributed by atoms with van der Waals surface area (Å²) < 4.78 is 2.12. The van der Waals surface area contributed by atoms with Gasteiger partial charge in [0.1, 0.15) is 0 Å². The van der Waals surface area contributed by atoms with Crippen LogP contribution >= 0.6 is 23.4 Å². The predicted octanol–water partition coefficient (Wildman–Crippen LogP) is 4.43. The molecule has 0 fully saturated rings. The average Bonchev–Trinajstić information content (AvgIpc) is 2.99. The Morgan fingerprint density at radius 2 is 1.83 bits per heavy atom. The molecule has 3 aromatic rings. The molecule has 2 aromatic carbocycles. The lowest BCUT2D eigenvalue weighted by atomic mass is 10.2. The Morgan fingerprint density at radius 3 is 2.61 bits per heavy atom. The van der Waals surface area contributed by atoms with Crippen molar-refractivity contribution in [2.45, 2.75) is 18.7 Å².